The van der Waals surface area contributed by atoms with Crippen molar-refractivity contribution in [3.05, 3.63) is 32.6 Å². The molecule has 0 saturated carbocycles. The molecule has 1 saturated heterocycles. The average molecular weight is 377 g/mol. The van der Waals surface area contributed by atoms with Gasteiger partial charge in [-0.2, -0.15) is 0 Å². The number of esters is 1. The first kappa shape index (κ1) is 17.3. The minimum Gasteiger partial charge on any atom is -0.458 e. The molecule has 1 aromatic rings. The number of nitrogens with zero attached hydrogens (tertiary/aromatic N) is 1. The lowest BCUT2D eigenvalue weighted by molar-refractivity contribution is -0.196. The van der Waals surface area contributed by atoms with Crippen LogP contribution in [0.15, 0.2) is 15.8 Å². The number of hydrogen-bond donors (Lipinski definition) is 4. The van der Waals surface area contributed by atoms with Crippen LogP contribution in [-0.2, 0) is 20.9 Å². The van der Waals surface area contributed by atoms with Gasteiger partial charge in [0.05, 0.1) is 14.9 Å². The first-order valence-corrected chi connectivity index (χ1v) is 7.81. The molecular weight excluding hydrogens is 353 g/mol. The Morgan fingerprint density at radius 3 is 2.88 bits per heavy atom. The molecule has 0 spiro atoms. The first-order chi connectivity index (χ1) is 12.8. The number of halogens is 1. The molecule has 4 atom stereocenters. The molecule has 26 heavy (non-hydrogen) atoms. The fraction of sp³-hybridized carbons (Fsp3) is 0.667. The highest BCUT2D eigenvalue weighted by atomic mass is 19.2. The molecule has 1 aromatic heterocycles. The second kappa shape index (κ2) is 7.66. The van der Waals surface area contributed by atoms with Crippen LogP contribution >= 0.6 is 0 Å². The molecule has 146 valence electrons. The molecule has 5 N–H and O–H groups in total. The summed E-state index contributed by atoms with van der Waals surface area (Å²) < 4.78 is 40.8. The number of aliphatic hydroxyl groups excluding tert-OH is 2. The Labute approximate surface area is 150 Å². The molecule has 0 aliphatic carbocycles. The van der Waals surface area contributed by atoms with Gasteiger partial charge >= 0.3 is 11.7 Å². The summed E-state index contributed by atoms with van der Waals surface area (Å²) >= 11 is 0. The maximum Gasteiger partial charge on any atom is 0.330 e. The van der Waals surface area contributed by atoms with Gasteiger partial charge in [0.25, 0.3) is 5.56 Å². The summed E-state index contributed by atoms with van der Waals surface area (Å²) in [4.78, 5) is 37.2. The monoisotopic (exact) mass is 377 g/mol. The number of nitrogens with two attached hydrogens (primary N) is 1. The minimum absolute atomic E-state index is 0.260. The summed E-state index contributed by atoms with van der Waals surface area (Å²) in [6.45, 7) is -0.914. The van der Waals surface area contributed by atoms with E-state index in [0.717, 1.165) is 6.20 Å². The molecule has 0 unspecified atom stereocenters. The van der Waals surface area contributed by atoms with Crippen molar-refractivity contribution in [2.75, 3.05) is 6.56 Å². The summed E-state index contributed by atoms with van der Waals surface area (Å²) in [5.41, 5.74) is 3.35. The molecule has 11 heteroatoms. The third-order valence-corrected chi connectivity index (χ3v) is 3.89. The highest BCUT2D eigenvalue weighted by Crippen LogP contribution is 2.37. The second-order valence-corrected chi connectivity index (χ2v) is 6.28. The van der Waals surface area contributed by atoms with E-state index < -0.39 is 67.0 Å². The maximum absolute atomic E-state index is 15.2. The number of aliphatic hydroxyl groups is 2. The average Bonchev–Trinajstić information content (AvgIpc) is 2.90. The van der Waals surface area contributed by atoms with Gasteiger partial charge in [-0.3, -0.25) is 19.1 Å². The Morgan fingerprint density at radius 1 is 1.65 bits per heavy atom. The highest BCUT2D eigenvalue weighted by Gasteiger charge is 2.49. The van der Waals surface area contributed by atoms with Crippen LogP contribution in [0, 0.1) is 5.92 Å². The van der Waals surface area contributed by atoms with Crippen molar-refractivity contribution in [1.29, 1.82) is 0 Å². The number of aromatic amines is 1. The quantitative estimate of drug-likeness (QED) is 0.436. The number of carbonyl (C=O) groups excluding carboxylic acids is 1. The van der Waals surface area contributed by atoms with E-state index in [1.165, 1.54) is 0 Å². The lowest BCUT2D eigenvalue weighted by Crippen LogP contribution is -2.40. The van der Waals surface area contributed by atoms with E-state index in [4.69, 9.17) is 18.3 Å². The highest BCUT2D eigenvalue weighted by molar-refractivity contribution is 5.75. The lowest BCUT2D eigenvalue weighted by atomic mass is 10.1. The number of ether oxygens (including phenoxy) is 2. The van der Waals surface area contributed by atoms with Crippen molar-refractivity contribution in [2.24, 2.45) is 11.7 Å². The van der Waals surface area contributed by atoms with Crippen molar-refractivity contribution in [1.82, 2.24) is 9.55 Å². The Balaban J connectivity index is 2.31. The summed E-state index contributed by atoms with van der Waals surface area (Å²) in [5.74, 6) is -4.92. The molecular formula is C15H22FN3O7. The van der Waals surface area contributed by atoms with Gasteiger partial charge in [-0.25, -0.2) is 9.18 Å². The van der Waals surface area contributed by atoms with Crippen LogP contribution in [0.5, 0.6) is 0 Å². The summed E-state index contributed by atoms with van der Waals surface area (Å²) in [7, 11) is 0. The Kier molecular flexibility index (Phi) is 5.11. The van der Waals surface area contributed by atoms with Crippen molar-refractivity contribution >= 4 is 5.97 Å². The summed E-state index contributed by atoms with van der Waals surface area (Å²) in [6.07, 6.45) is -3.59. The molecule has 0 radical (unpaired) electrons. The fourth-order valence-electron chi connectivity index (χ4n) is 2.29. The molecule has 0 bridgehead atoms. The van der Waals surface area contributed by atoms with Gasteiger partial charge in [-0.1, -0.05) is 13.8 Å². The van der Waals surface area contributed by atoms with E-state index in [1.807, 2.05) is 4.98 Å². The van der Waals surface area contributed by atoms with Gasteiger partial charge in [0, 0.05) is 12.6 Å². The third-order valence-electron chi connectivity index (χ3n) is 3.89. The predicted molar refractivity (Wildman–Crippen MR) is 85.6 cm³/mol. The van der Waals surface area contributed by atoms with Crippen molar-refractivity contribution in [2.45, 2.75) is 51.1 Å². The van der Waals surface area contributed by atoms with E-state index in [2.05, 4.69) is 4.74 Å². The normalized spacial score (nSPS) is 28.6. The molecule has 1 aliphatic rings. The van der Waals surface area contributed by atoms with Gasteiger partial charge in [-0.15, -0.1) is 0 Å². The Hall–Kier alpha value is -2.08. The van der Waals surface area contributed by atoms with Gasteiger partial charge in [0.2, 0.25) is 5.85 Å². The van der Waals surface area contributed by atoms with Gasteiger partial charge in [-0.05, 0) is 5.92 Å². The van der Waals surface area contributed by atoms with Gasteiger partial charge < -0.3 is 25.4 Å². The van der Waals surface area contributed by atoms with Crippen LogP contribution in [0.2, 0.25) is 0 Å². The van der Waals surface area contributed by atoms with E-state index >= 15 is 4.39 Å². The van der Waals surface area contributed by atoms with Crippen LogP contribution in [0.3, 0.4) is 0 Å². The smallest absolute Gasteiger partial charge is 0.330 e. The van der Waals surface area contributed by atoms with E-state index in [0.29, 0.717) is 4.57 Å². The van der Waals surface area contributed by atoms with Crippen LogP contribution in [0.25, 0.3) is 0 Å². The number of nitrogens with one attached hydrogen (secondary N) is 1. The zero-order valence-electron chi connectivity index (χ0n) is 16.1. The standard InChI is InChI=1S/C15H22FN3O7/c1-7(2)10(17)13(23)25-6-15(16)3-9(21)12(26-15)19-4-8(5-20)11(22)18-14(19)24/h4,7,9-10,12,20-21H,3,5-6,17H2,1-2H3,(H,18,22,24)/t9-,10+,12-,15+/m1/s1/i6D2. The molecule has 1 fully saturated rings. The van der Waals surface area contributed by atoms with E-state index in [-0.39, 0.29) is 5.56 Å². The van der Waals surface area contributed by atoms with Crippen LogP contribution in [0.4, 0.5) is 4.39 Å². The largest absolute Gasteiger partial charge is 0.458 e. The molecule has 1 aliphatic heterocycles. The third kappa shape index (κ3) is 4.18. The molecule has 0 amide bonds. The molecule has 0 aromatic carbocycles. The van der Waals surface area contributed by atoms with E-state index in [1.54, 1.807) is 13.8 Å². The topological polar surface area (TPSA) is 157 Å². The predicted octanol–water partition coefficient (Wildman–Crippen LogP) is -1.50. The Morgan fingerprint density at radius 2 is 2.31 bits per heavy atom. The molecule has 10 nitrogen and oxygen atoms in total. The molecule has 2 rings (SSSR count). The number of alkyl halides is 1. The van der Waals surface area contributed by atoms with E-state index in [9.17, 15) is 19.5 Å². The zero-order valence-corrected chi connectivity index (χ0v) is 14.1. The number of aromatic nitrogens is 2. The number of hydrogen-bond acceptors (Lipinski definition) is 8. The van der Waals surface area contributed by atoms with Gasteiger partial charge in [0.15, 0.2) is 12.8 Å². The van der Waals surface area contributed by atoms with Crippen molar-refractivity contribution in [3.63, 3.8) is 0 Å². The van der Waals surface area contributed by atoms with Gasteiger partial charge in [0.1, 0.15) is 12.1 Å². The number of carbonyl (C=O) groups is 1. The summed E-state index contributed by atoms with van der Waals surface area (Å²) in [6, 6.07) is -1.21. The van der Waals surface area contributed by atoms with Crippen molar-refractivity contribution < 1.29 is 31.6 Å². The maximum atomic E-state index is 15.2. The van der Waals surface area contributed by atoms with Crippen LogP contribution in [-0.4, -0.2) is 50.3 Å². The van der Waals surface area contributed by atoms with Crippen LogP contribution in [0.1, 0.15) is 34.8 Å². The molecule has 2 heterocycles. The lowest BCUT2D eigenvalue weighted by Gasteiger charge is -2.22. The summed E-state index contributed by atoms with van der Waals surface area (Å²) in [5, 5.41) is 19.2. The second-order valence-electron chi connectivity index (χ2n) is 6.28. The van der Waals surface area contributed by atoms with Crippen LogP contribution < -0.4 is 17.0 Å². The SMILES string of the molecule is [2H]C([2H])(OC(=O)[C@@H](N)C(C)C)[C@]1(F)C[C@@H](O)[C@H](n2cc(CO)c(=O)[nH]c2=O)O1. The first-order valence-electron chi connectivity index (χ1n) is 8.81. The van der Waals surface area contributed by atoms with Crippen molar-refractivity contribution in [3.8, 4) is 0 Å². The fourth-order valence-corrected chi connectivity index (χ4v) is 2.29. The number of rotatable bonds is 6. The minimum atomic E-state index is -3.34. The zero-order chi connectivity index (χ0) is 21.4. The Bertz CT molecular complexity index is 859. The number of H-pyrrole nitrogens is 1.